The molecule has 1 amide bonds. The number of nitrogens with zero attached hydrogens (tertiary/aromatic N) is 1. The molecule has 0 saturated heterocycles. The molecule has 2 atom stereocenters. The first kappa shape index (κ1) is 14.4. The molecule has 0 aromatic carbocycles. The Morgan fingerprint density at radius 2 is 2.07 bits per heavy atom. The number of likely N-dealkylation sites (N-methyl/N-ethyl adjacent to an activating group) is 1. The highest BCUT2D eigenvalue weighted by Crippen LogP contribution is 2.01. The lowest BCUT2D eigenvalue weighted by atomic mass is 10.2. The van der Waals surface area contributed by atoms with Crippen molar-refractivity contribution >= 4 is 5.91 Å². The molecule has 4 heteroatoms. The van der Waals surface area contributed by atoms with Gasteiger partial charge in [-0.2, -0.15) is 0 Å². The summed E-state index contributed by atoms with van der Waals surface area (Å²) in [6.45, 7) is 7.88. The van der Waals surface area contributed by atoms with E-state index in [0.717, 1.165) is 19.4 Å². The monoisotopic (exact) mass is 215 g/mol. The smallest absolute Gasteiger partial charge is 0.235 e. The Morgan fingerprint density at radius 3 is 2.47 bits per heavy atom. The molecule has 0 heterocycles. The minimum absolute atomic E-state index is 0.232. The molecule has 0 spiro atoms. The van der Waals surface area contributed by atoms with E-state index in [4.69, 9.17) is 5.73 Å². The van der Waals surface area contributed by atoms with E-state index in [9.17, 15) is 4.79 Å². The zero-order valence-electron chi connectivity index (χ0n) is 10.4. The molecule has 0 rings (SSSR count). The van der Waals surface area contributed by atoms with Gasteiger partial charge in [-0.15, -0.1) is 0 Å². The van der Waals surface area contributed by atoms with E-state index in [2.05, 4.69) is 31.0 Å². The van der Waals surface area contributed by atoms with Gasteiger partial charge < -0.3 is 16.0 Å². The van der Waals surface area contributed by atoms with Crippen molar-refractivity contribution in [3.05, 3.63) is 0 Å². The van der Waals surface area contributed by atoms with Crippen LogP contribution < -0.4 is 11.1 Å². The zero-order valence-corrected chi connectivity index (χ0v) is 10.4. The summed E-state index contributed by atoms with van der Waals surface area (Å²) >= 11 is 0. The minimum Gasteiger partial charge on any atom is -0.368 e. The molecule has 4 nitrogen and oxygen atoms in total. The van der Waals surface area contributed by atoms with Gasteiger partial charge in [0.25, 0.3) is 0 Å². The van der Waals surface area contributed by atoms with E-state index in [1.807, 2.05) is 7.05 Å². The Balaban J connectivity index is 4.09. The van der Waals surface area contributed by atoms with E-state index >= 15 is 0 Å². The van der Waals surface area contributed by atoms with Gasteiger partial charge in [0.15, 0.2) is 0 Å². The van der Waals surface area contributed by atoms with Crippen molar-refractivity contribution in [2.45, 2.75) is 45.7 Å². The van der Waals surface area contributed by atoms with Crippen LogP contribution in [0.25, 0.3) is 0 Å². The maximum Gasteiger partial charge on any atom is 0.235 e. The number of hydrogen-bond acceptors (Lipinski definition) is 3. The Morgan fingerprint density at radius 1 is 1.47 bits per heavy atom. The SMILES string of the molecule is CCCNC(CN(C)C(C)CC)C(N)=O. The third kappa shape index (κ3) is 5.74. The van der Waals surface area contributed by atoms with Crippen molar-refractivity contribution in [1.82, 2.24) is 10.2 Å². The predicted molar refractivity (Wildman–Crippen MR) is 63.7 cm³/mol. The van der Waals surface area contributed by atoms with Crippen LogP contribution in [-0.4, -0.2) is 43.0 Å². The van der Waals surface area contributed by atoms with Gasteiger partial charge >= 0.3 is 0 Å². The Labute approximate surface area is 93.2 Å². The van der Waals surface area contributed by atoms with Gasteiger partial charge in [-0.3, -0.25) is 4.79 Å². The molecule has 0 aromatic rings. The van der Waals surface area contributed by atoms with Gasteiger partial charge in [0.05, 0.1) is 6.04 Å². The number of rotatable bonds is 8. The Hall–Kier alpha value is -0.610. The van der Waals surface area contributed by atoms with Crippen LogP contribution in [0.2, 0.25) is 0 Å². The van der Waals surface area contributed by atoms with Crippen LogP contribution in [-0.2, 0) is 4.79 Å². The van der Waals surface area contributed by atoms with Gasteiger partial charge in [-0.25, -0.2) is 0 Å². The zero-order chi connectivity index (χ0) is 11.8. The molecular weight excluding hydrogens is 190 g/mol. The predicted octanol–water partition coefficient (Wildman–Crippen LogP) is 0.570. The van der Waals surface area contributed by atoms with Crippen molar-refractivity contribution < 1.29 is 4.79 Å². The first-order chi connectivity index (χ1) is 7.02. The average molecular weight is 215 g/mol. The molecule has 0 radical (unpaired) electrons. The van der Waals surface area contributed by atoms with Gasteiger partial charge in [-0.1, -0.05) is 13.8 Å². The maximum atomic E-state index is 11.2. The van der Waals surface area contributed by atoms with E-state index in [1.54, 1.807) is 0 Å². The molecule has 3 N–H and O–H groups in total. The average Bonchev–Trinajstić information content (AvgIpc) is 2.22. The number of nitrogens with one attached hydrogen (secondary N) is 1. The third-order valence-electron chi connectivity index (χ3n) is 2.80. The number of primary amides is 1. The quantitative estimate of drug-likeness (QED) is 0.622. The van der Waals surface area contributed by atoms with Crippen LogP contribution in [0.1, 0.15) is 33.6 Å². The number of carbonyl (C=O) groups is 1. The third-order valence-corrected chi connectivity index (χ3v) is 2.80. The fraction of sp³-hybridized carbons (Fsp3) is 0.909. The summed E-state index contributed by atoms with van der Waals surface area (Å²) in [6, 6.07) is 0.249. The first-order valence-corrected chi connectivity index (χ1v) is 5.75. The molecule has 0 aliphatic carbocycles. The minimum atomic E-state index is -0.265. The normalized spacial score (nSPS) is 15.3. The highest BCUT2D eigenvalue weighted by Gasteiger charge is 2.18. The van der Waals surface area contributed by atoms with E-state index in [1.165, 1.54) is 0 Å². The van der Waals surface area contributed by atoms with Gasteiger partial charge in [-0.05, 0) is 33.4 Å². The molecular formula is C11H25N3O. The molecule has 0 saturated carbocycles. The lowest BCUT2D eigenvalue weighted by Crippen LogP contribution is -2.50. The molecule has 0 aliphatic heterocycles. The first-order valence-electron chi connectivity index (χ1n) is 5.75. The summed E-state index contributed by atoms with van der Waals surface area (Å²) in [5, 5.41) is 3.16. The molecule has 90 valence electrons. The Bertz CT molecular complexity index is 185. The van der Waals surface area contributed by atoms with E-state index in [0.29, 0.717) is 12.6 Å². The van der Waals surface area contributed by atoms with Crippen molar-refractivity contribution in [1.29, 1.82) is 0 Å². The van der Waals surface area contributed by atoms with Crippen LogP contribution >= 0.6 is 0 Å². The maximum absolute atomic E-state index is 11.2. The molecule has 0 bridgehead atoms. The standard InChI is InChI=1S/C11H25N3O/c1-5-7-13-10(11(12)15)8-14(4)9(3)6-2/h9-10,13H,5-8H2,1-4H3,(H2,12,15). The van der Waals surface area contributed by atoms with Gasteiger partial charge in [0.1, 0.15) is 0 Å². The summed E-state index contributed by atoms with van der Waals surface area (Å²) < 4.78 is 0. The molecule has 0 aromatic heterocycles. The van der Waals surface area contributed by atoms with Gasteiger partial charge in [0.2, 0.25) is 5.91 Å². The van der Waals surface area contributed by atoms with Crippen molar-refractivity contribution in [2.75, 3.05) is 20.1 Å². The van der Waals surface area contributed by atoms with Crippen molar-refractivity contribution in [3.63, 3.8) is 0 Å². The number of amides is 1. The summed E-state index contributed by atoms with van der Waals surface area (Å²) in [7, 11) is 2.03. The lowest BCUT2D eigenvalue weighted by molar-refractivity contribution is -0.120. The van der Waals surface area contributed by atoms with Crippen LogP contribution in [0.4, 0.5) is 0 Å². The topological polar surface area (TPSA) is 58.4 Å². The number of carbonyl (C=O) groups excluding carboxylic acids is 1. The van der Waals surface area contributed by atoms with Crippen LogP contribution in [0, 0.1) is 0 Å². The largest absolute Gasteiger partial charge is 0.368 e. The fourth-order valence-electron chi connectivity index (χ4n) is 1.35. The summed E-state index contributed by atoms with van der Waals surface area (Å²) in [4.78, 5) is 13.3. The lowest BCUT2D eigenvalue weighted by Gasteiger charge is -2.27. The number of nitrogens with two attached hydrogens (primary N) is 1. The highest BCUT2D eigenvalue weighted by molar-refractivity contribution is 5.80. The Kier molecular flexibility index (Phi) is 7.34. The molecule has 15 heavy (non-hydrogen) atoms. The van der Waals surface area contributed by atoms with Crippen LogP contribution in [0.5, 0.6) is 0 Å². The summed E-state index contributed by atoms with van der Waals surface area (Å²) in [6.07, 6.45) is 2.09. The van der Waals surface area contributed by atoms with Crippen LogP contribution in [0.15, 0.2) is 0 Å². The van der Waals surface area contributed by atoms with E-state index < -0.39 is 0 Å². The summed E-state index contributed by atoms with van der Waals surface area (Å²) in [5.41, 5.74) is 5.34. The second kappa shape index (κ2) is 7.65. The van der Waals surface area contributed by atoms with Crippen molar-refractivity contribution in [2.24, 2.45) is 5.73 Å². The van der Waals surface area contributed by atoms with Crippen LogP contribution in [0.3, 0.4) is 0 Å². The second-order valence-electron chi connectivity index (χ2n) is 4.11. The second-order valence-corrected chi connectivity index (χ2v) is 4.11. The fourth-order valence-corrected chi connectivity index (χ4v) is 1.35. The molecule has 0 fully saturated rings. The van der Waals surface area contributed by atoms with Gasteiger partial charge in [0, 0.05) is 12.6 Å². The highest BCUT2D eigenvalue weighted by atomic mass is 16.1. The molecule has 0 aliphatic rings. The number of hydrogen-bond donors (Lipinski definition) is 2. The van der Waals surface area contributed by atoms with Crippen molar-refractivity contribution in [3.8, 4) is 0 Å². The molecule has 2 unspecified atom stereocenters. The van der Waals surface area contributed by atoms with E-state index in [-0.39, 0.29) is 11.9 Å². The summed E-state index contributed by atoms with van der Waals surface area (Å²) in [5.74, 6) is -0.265.